The number of anilines is 1. The summed E-state index contributed by atoms with van der Waals surface area (Å²) >= 11 is 2.05. The average Bonchev–Trinajstić information content (AvgIpc) is 2.52. The van der Waals surface area contributed by atoms with Gasteiger partial charge in [-0.3, -0.25) is 4.90 Å². The molecule has 0 amide bonds. The molecule has 1 aliphatic heterocycles. The van der Waals surface area contributed by atoms with E-state index in [1.165, 1.54) is 43.2 Å². The van der Waals surface area contributed by atoms with Gasteiger partial charge in [0, 0.05) is 37.9 Å². The highest BCUT2D eigenvalue weighted by Gasteiger charge is 2.16. The minimum atomic E-state index is 0.946. The third-order valence-electron chi connectivity index (χ3n) is 3.76. The molecule has 0 spiro atoms. The van der Waals surface area contributed by atoms with Gasteiger partial charge in [0.1, 0.15) is 5.75 Å². The molecule has 1 heterocycles. The first-order valence-corrected chi connectivity index (χ1v) is 8.68. The van der Waals surface area contributed by atoms with E-state index in [9.17, 15) is 0 Å². The molecule has 0 saturated carbocycles. The lowest BCUT2D eigenvalue weighted by Crippen LogP contribution is -2.46. The number of hydrogen-bond acceptors (Lipinski definition) is 4. The first-order valence-electron chi connectivity index (χ1n) is 7.52. The molecule has 1 aromatic rings. The highest BCUT2D eigenvalue weighted by molar-refractivity contribution is 7.99. The Morgan fingerprint density at radius 2 is 2.00 bits per heavy atom. The molecule has 0 bridgehead atoms. The lowest BCUT2D eigenvalue weighted by molar-refractivity contribution is 0.259. The predicted molar refractivity (Wildman–Crippen MR) is 89.3 cm³/mol. The molecule has 0 N–H and O–H groups in total. The number of piperazine rings is 1. The summed E-state index contributed by atoms with van der Waals surface area (Å²) in [4.78, 5) is 5.05. The molecule has 112 valence electrons. The Morgan fingerprint density at radius 1 is 1.20 bits per heavy atom. The van der Waals surface area contributed by atoms with Crippen LogP contribution in [-0.4, -0.2) is 56.2 Å². The van der Waals surface area contributed by atoms with Crippen molar-refractivity contribution in [2.75, 3.05) is 56.2 Å². The quantitative estimate of drug-likeness (QED) is 0.718. The van der Waals surface area contributed by atoms with E-state index in [2.05, 4.69) is 34.9 Å². The monoisotopic (exact) mass is 294 g/mol. The zero-order valence-corrected chi connectivity index (χ0v) is 13.5. The molecule has 0 radical (unpaired) electrons. The van der Waals surface area contributed by atoms with Crippen molar-refractivity contribution in [3.63, 3.8) is 0 Å². The molecule has 0 aromatic heterocycles. The Kier molecular flexibility index (Phi) is 6.54. The van der Waals surface area contributed by atoms with E-state index < -0.39 is 0 Å². The van der Waals surface area contributed by atoms with Crippen molar-refractivity contribution in [3.8, 4) is 5.75 Å². The summed E-state index contributed by atoms with van der Waals surface area (Å²) < 4.78 is 5.30. The zero-order valence-electron chi connectivity index (χ0n) is 12.7. The number of hydrogen-bond donors (Lipinski definition) is 0. The number of nitrogens with zero attached hydrogens (tertiary/aromatic N) is 2. The van der Waals surface area contributed by atoms with Crippen LogP contribution in [0.1, 0.15) is 13.3 Å². The molecule has 1 aliphatic rings. The average molecular weight is 294 g/mol. The number of benzene rings is 1. The van der Waals surface area contributed by atoms with Crippen LogP contribution in [-0.2, 0) is 0 Å². The summed E-state index contributed by atoms with van der Waals surface area (Å²) in [5.41, 5.74) is 1.28. The van der Waals surface area contributed by atoms with E-state index in [-0.39, 0.29) is 0 Å². The van der Waals surface area contributed by atoms with Crippen molar-refractivity contribution in [3.05, 3.63) is 24.3 Å². The van der Waals surface area contributed by atoms with Crippen molar-refractivity contribution < 1.29 is 4.74 Å². The van der Waals surface area contributed by atoms with Crippen LogP contribution < -0.4 is 9.64 Å². The summed E-state index contributed by atoms with van der Waals surface area (Å²) in [6, 6.07) is 8.39. The van der Waals surface area contributed by atoms with Crippen LogP contribution >= 0.6 is 11.8 Å². The maximum atomic E-state index is 5.30. The molecule has 4 heteroatoms. The summed E-state index contributed by atoms with van der Waals surface area (Å²) in [5.74, 6) is 3.48. The van der Waals surface area contributed by atoms with Crippen molar-refractivity contribution in [1.82, 2.24) is 4.90 Å². The van der Waals surface area contributed by atoms with Gasteiger partial charge in [-0.1, -0.05) is 13.0 Å². The number of ether oxygens (including phenoxy) is 1. The normalized spacial score (nSPS) is 16.4. The third kappa shape index (κ3) is 4.60. The van der Waals surface area contributed by atoms with Crippen LogP contribution in [0.3, 0.4) is 0 Å². The summed E-state index contributed by atoms with van der Waals surface area (Å²) in [6.45, 7) is 8.07. The first-order chi connectivity index (χ1) is 9.83. The summed E-state index contributed by atoms with van der Waals surface area (Å²) in [7, 11) is 1.73. The Morgan fingerprint density at radius 3 is 2.70 bits per heavy atom. The SMILES string of the molecule is CCSCCCN1CCN(c2cccc(OC)c2)CC1. The molecule has 1 fully saturated rings. The smallest absolute Gasteiger partial charge is 0.120 e. The summed E-state index contributed by atoms with van der Waals surface area (Å²) in [6.07, 6.45) is 1.32. The number of thioether (sulfide) groups is 1. The van der Waals surface area contributed by atoms with E-state index in [0.717, 1.165) is 18.8 Å². The van der Waals surface area contributed by atoms with Crippen molar-refractivity contribution in [2.24, 2.45) is 0 Å². The van der Waals surface area contributed by atoms with Gasteiger partial charge in [-0.05, 0) is 36.6 Å². The second kappa shape index (κ2) is 8.42. The van der Waals surface area contributed by atoms with Crippen molar-refractivity contribution in [2.45, 2.75) is 13.3 Å². The highest BCUT2D eigenvalue weighted by Crippen LogP contribution is 2.22. The van der Waals surface area contributed by atoms with Gasteiger partial charge in [0.25, 0.3) is 0 Å². The van der Waals surface area contributed by atoms with Crippen LogP contribution in [0, 0.1) is 0 Å². The van der Waals surface area contributed by atoms with Gasteiger partial charge in [0.05, 0.1) is 7.11 Å². The molecule has 2 rings (SSSR count). The number of methoxy groups -OCH3 is 1. The van der Waals surface area contributed by atoms with Gasteiger partial charge in [0.15, 0.2) is 0 Å². The molecule has 20 heavy (non-hydrogen) atoms. The molecule has 1 aromatic carbocycles. The fraction of sp³-hybridized carbons (Fsp3) is 0.625. The Balaban J connectivity index is 1.76. The van der Waals surface area contributed by atoms with E-state index in [4.69, 9.17) is 4.74 Å². The fourth-order valence-corrected chi connectivity index (χ4v) is 3.19. The van der Waals surface area contributed by atoms with Gasteiger partial charge in [-0.15, -0.1) is 0 Å². The van der Waals surface area contributed by atoms with Gasteiger partial charge in [-0.2, -0.15) is 11.8 Å². The lowest BCUT2D eigenvalue weighted by atomic mass is 10.2. The number of rotatable bonds is 7. The molecular formula is C16H26N2OS. The Hall–Kier alpha value is -0.870. The van der Waals surface area contributed by atoms with E-state index in [0.29, 0.717) is 0 Å². The molecular weight excluding hydrogens is 268 g/mol. The lowest BCUT2D eigenvalue weighted by Gasteiger charge is -2.36. The van der Waals surface area contributed by atoms with Crippen LogP contribution in [0.4, 0.5) is 5.69 Å². The minimum Gasteiger partial charge on any atom is -0.497 e. The predicted octanol–water partition coefficient (Wildman–Crippen LogP) is 2.96. The van der Waals surface area contributed by atoms with Crippen molar-refractivity contribution >= 4 is 17.4 Å². The van der Waals surface area contributed by atoms with Crippen LogP contribution in [0.15, 0.2) is 24.3 Å². The minimum absolute atomic E-state index is 0.946. The molecule has 0 unspecified atom stereocenters. The second-order valence-electron chi connectivity index (χ2n) is 5.08. The van der Waals surface area contributed by atoms with Gasteiger partial charge >= 0.3 is 0 Å². The van der Waals surface area contributed by atoms with Crippen LogP contribution in [0.5, 0.6) is 5.75 Å². The molecule has 0 atom stereocenters. The fourth-order valence-electron chi connectivity index (χ4n) is 2.57. The molecule has 1 saturated heterocycles. The van der Waals surface area contributed by atoms with E-state index in [1.54, 1.807) is 7.11 Å². The maximum Gasteiger partial charge on any atom is 0.120 e. The third-order valence-corrected chi connectivity index (χ3v) is 4.74. The Labute approximate surface area is 127 Å². The molecule has 0 aliphatic carbocycles. The van der Waals surface area contributed by atoms with Gasteiger partial charge < -0.3 is 9.64 Å². The zero-order chi connectivity index (χ0) is 14.2. The maximum absolute atomic E-state index is 5.30. The van der Waals surface area contributed by atoms with Crippen LogP contribution in [0.2, 0.25) is 0 Å². The van der Waals surface area contributed by atoms with E-state index >= 15 is 0 Å². The van der Waals surface area contributed by atoms with Crippen molar-refractivity contribution in [1.29, 1.82) is 0 Å². The van der Waals surface area contributed by atoms with Gasteiger partial charge in [-0.25, -0.2) is 0 Å². The second-order valence-corrected chi connectivity index (χ2v) is 6.47. The van der Waals surface area contributed by atoms with Gasteiger partial charge in [0.2, 0.25) is 0 Å². The highest BCUT2D eigenvalue weighted by atomic mass is 32.2. The summed E-state index contributed by atoms with van der Waals surface area (Å²) in [5, 5.41) is 0. The van der Waals surface area contributed by atoms with E-state index in [1.807, 2.05) is 17.8 Å². The standard InChI is InChI=1S/C16H26N2OS/c1-3-20-13-5-8-17-9-11-18(12-10-17)15-6-4-7-16(14-15)19-2/h4,6-7,14H,3,5,8-13H2,1-2H3. The Bertz CT molecular complexity index is 392. The van der Waals surface area contributed by atoms with Crippen LogP contribution in [0.25, 0.3) is 0 Å². The first kappa shape index (κ1) is 15.5. The molecule has 3 nitrogen and oxygen atoms in total. The topological polar surface area (TPSA) is 15.7 Å². The largest absolute Gasteiger partial charge is 0.497 e.